The topological polar surface area (TPSA) is 17.1 Å². The summed E-state index contributed by atoms with van der Waals surface area (Å²) >= 11 is 0. The minimum atomic E-state index is 0.776. The van der Waals surface area contributed by atoms with Gasteiger partial charge in [-0.25, -0.2) is 0 Å². The Labute approximate surface area is 79.8 Å². The number of rotatable bonds is 4. The van der Waals surface area contributed by atoms with E-state index in [-0.39, 0.29) is 0 Å². The summed E-state index contributed by atoms with van der Waals surface area (Å²) in [5.41, 5.74) is 3.38. The number of carbonyl (C=O) groups is 1. The van der Waals surface area contributed by atoms with Gasteiger partial charge in [0.05, 0.1) is 0 Å². The van der Waals surface area contributed by atoms with E-state index < -0.39 is 0 Å². The van der Waals surface area contributed by atoms with Crippen LogP contribution in [0.5, 0.6) is 0 Å². The fraction of sp³-hybridized carbons (Fsp3) is 0.417. The van der Waals surface area contributed by atoms with E-state index >= 15 is 0 Å². The highest BCUT2D eigenvalue weighted by atomic mass is 16.1. The van der Waals surface area contributed by atoms with Crippen molar-refractivity contribution in [2.24, 2.45) is 0 Å². The van der Waals surface area contributed by atoms with Crippen molar-refractivity contribution in [1.29, 1.82) is 0 Å². The van der Waals surface area contributed by atoms with Crippen molar-refractivity contribution in [2.75, 3.05) is 0 Å². The molecule has 0 saturated heterocycles. The van der Waals surface area contributed by atoms with Crippen LogP contribution in [-0.2, 0) is 6.42 Å². The molecule has 0 spiro atoms. The Balaban J connectivity index is 2.79. The summed E-state index contributed by atoms with van der Waals surface area (Å²) in [6.07, 6.45) is 4.47. The van der Waals surface area contributed by atoms with E-state index in [9.17, 15) is 4.79 Å². The average molecular weight is 176 g/mol. The first-order valence-electron chi connectivity index (χ1n) is 4.82. The van der Waals surface area contributed by atoms with Crippen molar-refractivity contribution < 1.29 is 4.79 Å². The second kappa shape index (κ2) is 4.80. The van der Waals surface area contributed by atoms with Crippen LogP contribution < -0.4 is 0 Å². The predicted molar refractivity (Wildman–Crippen MR) is 55.2 cm³/mol. The molecule has 0 aliphatic carbocycles. The molecule has 0 N–H and O–H groups in total. The van der Waals surface area contributed by atoms with E-state index in [2.05, 4.69) is 19.9 Å². The van der Waals surface area contributed by atoms with Crippen molar-refractivity contribution in [1.82, 2.24) is 0 Å². The van der Waals surface area contributed by atoms with Gasteiger partial charge in [0, 0.05) is 5.56 Å². The van der Waals surface area contributed by atoms with E-state index in [4.69, 9.17) is 0 Å². The third-order valence-electron chi connectivity index (χ3n) is 2.30. The summed E-state index contributed by atoms with van der Waals surface area (Å²) in [7, 11) is 0. The molecule has 1 nitrogen and oxygen atoms in total. The van der Waals surface area contributed by atoms with Crippen molar-refractivity contribution in [3.8, 4) is 0 Å². The van der Waals surface area contributed by atoms with Gasteiger partial charge in [-0.2, -0.15) is 0 Å². The maximum atomic E-state index is 10.5. The van der Waals surface area contributed by atoms with Crippen molar-refractivity contribution in [2.45, 2.75) is 33.1 Å². The Morgan fingerprint density at radius 2 is 2.15 bits per heavy atom. The van der Waals surface area contributed by atoms with Crippen LogP contribution in [0.2, 0.25) is 0 Å². The molecule has 70 valence electrons. The molecule has 1 rings (SSSR count). The molecular formula is C12H16O. The molecule has 1 aromatic rings. The first-order chi connectivity index (χ1) is 6.27. The molecule has 13 heavy (non-hydrogen) atoms. The lowest BCUT2D eigenvalue weighted by molar-refractivity contribution is 0.112. The van der Waals surface area contributed by atoms with Gasteiger partial charge in [-0.15, -0.1) is 0 Å². The SMILES string of the molecule is CCCCc1ccc(C=O)cc1C. The van der Waals surface area contributed by atoms with E-state index in [1.54, 1.807) is 0 Å². The number of hydrogen-bond acceptors (Lipinski definition) is 1. The highest BCUT2D eigenvalue weighted by molar-refractivity contribution is 5.75. The molecule has 0 aromatic heterocycles. The molecule has 1 heteroatoms. The van der Waals surface area contributed by atoms with E-state index in [1.807, 2.05) is 12.1 Å². The predicted octanol–water partition coefficient (Wildman–Crippen LogP) is 3.15. The molecule has 0 heterocycles. The van der Waals surface area contributed by atoms with Gasteiger partial charge >= 0.3 is 0 Å². The van der Waals surface area contributed by atoms with Crippen LogP contribution in [0.1, 0.15) is 41.3 Å². The zero-order valence-electron chi connectivity index (χ0n) is 8.34. The van der Waals surface area contributed by atoms with Gasteiger partial charge in [0.25, 0.3) is 0 Å². The molecule has 0 amide bonds. The van der Waals surface area contributed by atoms with E-state index in [1.165, 1.54) is 24.0 Å². The fourth-order valence-corrected chi connectivity index (χ4v) is 1.44. The Hall–Kier alpha value is -1.11. The first-order valence-corrected chi connectivity index (χ1v) is 4.82. The molecule has 0 atom stereocenters. The average Bonchev–Trinajstić information content (AvgIpc) is 2.16. The summed E-state index contributed by atoms with van der Waals surface area (Å²) in [5, 5.41) is 0. The van der Waals surface area contributed by atoms with E-state index in [0.717, 1.165) is 18.3 Å². The van der Waals surface area contributed by atoms with E-state index in [0.29, 0.717) is 0 Å². The molecule has 0 aliphatic heterocycles. The molecule has 0 aliphatic rings. The number of unbranched alkanes of at least 4 members (excludes halogenated alkanes) is 1. The summed E-state index contributed by atoms with van der Waals surface area (Å²) in [4.78, 5) is 10.5. The van der Waals surface area contributed by atoms with Crippen molar-refractivity contribution in [3.63, 3.8) is 0 Å². The van der Waals surface area contributed by atoms with Gasteiger partial charge in [0.15, 0.2) is 0 Å². The normalized spacial score (nSPS) is 10.0. The van der Waals surface area contributed by atoms with Crippen LogP contribution >= 0.6 is 0 Å². The third kappa shape index (κ3) is 2.69. The molecule has 0 radical (unpaired) electrons. The molecule has 0 saturated carbocycles. The van der Waals surface area contributed by atoms with Crippen molar-refractivity contribution in [3.05, 3.63) is 34.9 Å². The summed E-state index contributed by atoms with van der Waals surface area (Å²) in [6.45, 7) is 4.26. The highest BCUT2D eigenvalue weighted by Crippen LogP contribution is 2.12. The zero-order valence-corrected chi connectivity index (χ0v) is 8.34. The first kappa shape index (κ1) is 9.97. The van der Waals surface area contributed by atoms with Gasteiger partial charge in [-0.3, -0.25) is 4.79 Å². The van der Waals surface area contributed by atoms with Crippen LogP contribution in [0.25, 0.3) is 0 Å². The van der Waals surface area contributed by atoms with Crippen LogP contribution in [0.4, 0.5) is 0 Å². The number of benzene rings is 1. The largest absolute Gasteiger partial charge is 0.298 e. The lowest BCUT2D eigenvalue weighted by Gasteiger charge is -2.04. The number of hydrogen-bond donors (Lipinski definition) is 0. The Morgan fingerprint density at radius 3 is 2.69 bits per heavy atom. The van der Waals surface area contributed by atoms with Gasteiger partial charge in [0.2, 0.25) is 0 Å². The van der Waals surface area contributed by atoms with Crippen LogP contribution in [0, 0.1) is 6.92 Å². The molecule has 0 fully saturated rings. The summed E-state index contributed by atoms with van der Waals surface area (Å²) in [6, 6.07) is 5.91. The van der Waals surface area contributed by atoms with Crippen LogP contribution in [-0.4, -0.2) is 6.29 Å². The zero-order chi connectivity index (χ0) is 9.68. The lowest BCUT2D eigenvalue weighted by atomic mass is 10.0. The molecule has 1 aromatic carbocycles. The highest BCUT2D eigenvalue weighted by Gasteiger charge is 1.98. The third-order valence-corrected chi connectivity index (χ3v) is 2.30. The number of carbonyl (C=O) groups excluding carboxylic acids is 1. The second-order valence-electron chi connectivity index (χ2n) is 3.41. The number of aryl methyl sites for hydroxylation is 2. The Bertz CT molecular complexity index is 289. The van der Waals surface area contributed by atoms with Crippen LogP contribution in [0.3, 0.4) is 0 Å². The Kier molecular flexibility index (Phi) is 3.69. The number of aldehydes is 1. The minimum Gasteiger partial charge on any atom is -0.298 e. The Morgan fingerprint density at radius 1 is 1.38 bits per heavy atom. The van der Waals surface area contributed by atoms with Crippen molar-refractivity contribution >= 4 is 6.29 Å². The molecule has 0 unspecified atom stereocenters. The van der Waals surface area contributed by atoms with Gasteiger partial charge in [-0.05, 0) is 37.0 Å². The van der Waals surface area contributed by atoms with Gasteiger partial charge < -0.3 is 0 Å². The van der Waals surface area contributed by atoms with Crippen LogP contribution in [0.15, 0.2) is 18.2 Å². The molecular weight excluding hydrogens is 160 g/mol. The second-order valence-corrected chi connectivity index (χ2v) is 3.41. The summed E-state index contributed by atoms with van der Waals surface area (Å²) < 4.78 is 0. The monoisotopic (exact) mass is 176 g/mol. The maximum absolute atomic E-state index is 10.5. The standard InChI is InChI=1S/C12H16O/c1-3-4-5-12-7-6-11(9-13)8-10(12)2/h6-9H,3-5H2,1-2H3. The maximum Gasteiger partial charge on any atom is 0.150 e. The smallest absolute Gasteiger partial charge is 0.150 e. The van der Waals surface area contributed by atoms with Gasteiger partial charge in [-0.1, -0.05) is 25.5 Å². The fourth-order valence-electron chi connectivity index (χ4n) is 1.44. The lowest BCUT2D eigenvalue weighted by Crippen LogP contribution is -1.91. The molecule has 0 bridgehead atoms. The summed E-state index contributed by atoms with van der Waals surface area (Å²) in [5.74, 6) is 0. The minimum absolute atomic E-state index is 0.776. The van der Waals surface area contributed by atoms with Gasteiger partial charge in [0.1, 0.15) is 6.29 Å². The quantitative estimate of drug-likeness (QED) is 0.644.